The second-order valence-corrected chi connectivity index (χ2v) is 7.14. The number of benzene rings is 1. The SMILES string of the molecule is CCC1(c2cc3n(c(=O)c2C)Cc2cc4cc(O)ccc4nc2-3)OCCO1. The molecule has 6 heteroatoms. The highest BCUT2D eigenvalue weighted by atomic mass is 16.7. The molecule has 4 heterocycles. The van der Waals surface area contributed by atoms with Crippen LogP contribution >= 0.6 is 0 Å². The molecule has 0 aliphatic carbocycles. The fraction of sp³-hybridized carbons (Fsp3) is 0.333. The molecule has 138 valence electrons. The van der Waals surface area contributed by atoms with Gasteiger partial charge in [-0.3, -0.25) is 4.79 Å². The summed E-state index contributed by atoms with van der Waals surface area (Å²) in [6, 6.07) is 9.10. The van der Waals surface area contributed by atoms with Crippen molar-refractivity contribution in [2.75, 3.05) is 13.2 Å². The Hall–Kier alpha value is -2.70. The predicted molar refractivity (Wildman–Crippen MR) is 101 cm³/mol. The molecular formula is C21H20N2O4. The number of phenols is 1. The minimum absolute atomic E-state index is 0.0423. The van der Waals surface area contributed by atoms with Crippen molar-refractivity contribution in [2.45, 2.75) is 32.6 Å². The van der Waals surface area contributed by atoms with Crippen molar-refractivity contribution >= 4 is 10.9 Å². The number of ether oxygens (including phenoxy) is 2. The summed E-state index contributed by atoms with van der Waals surface area (Å²) in [6.45, 7) is 5.35. The Balaban J connectivity index is 1.76. The summed E-state index contributed by atoms with van der Waals surface area (Å²) in [7, 11) is 0. The minimum Gasteiger partial charge on any atom is -0.508 e. The molecule has 0 amide bonds. The van der Waals surface area contributed by atoms with E-state index in [9.17, 15) is 9.90 Å². The molecule has 27 heavy (non-hydrogen) atoms. The largest absolute Gasteiger partial charge is 0.508 e. The van der Waals surface area contributed by atoms with Gasteiger partial charge in [0.15, 0.2) is 5.79 Å². The number of hydrogen-bond donors (Lipinski definition) is 1. The predicted octanol–water partition coefficient (Wildman–Crippen LogP) is 3.05. The number of rotatable bonds is 2. The van der Waals surface area contributed by atoms with Crippen molar-refractivity contribution in [3.05, 3.63) is 57.4 Å². The molecule has 6 nitrogen and oxygen atoms in total. The highest BCUT2D eigenvalue weighted by Crippen LogP contribution is 2.39. The van der Waals surface area contributed by atoms with Crippen molar-refractivity contribution in [3.63, 3.8) is 0 Å². The van der Waals surface area contributed by atoms with Gasteiger partial charge in [0.05, 0.1) is 36.7 Å². The number of pyridine rings is 2. The molecule has 2 aromatic heterocycles. The smallest absolute Gasteiger partial charge is 0.254 e. The maximum Gasteiger partial charge on any atom is 0.254 e. The normalized spacial score (nSPS) is 17.3. The van der Waals surface area contributed by atoms with Gasteiger partial charge in [0.25, 0.3) is 5.56 Å². The molecule has 5 rings (SSSR count). The summed E-state index contributed by atoms with van der Waals surface area (Å²) in [5, 5.41) is 10.6. The van der Waals surface area contributed by atoms with Crippen LogP contribution in [-0.4, -0.2) is 27.9 Å². The van der Waals surface area contributed by atoms with Gasteiger partial charge in [-0.2, -0.15) is 0 Å². The van der Waals surface area contributed by atoms with Crippen molar-refractivity contribution in [1.82, 2.24) is 9.55 Å². The summed E-state index contributed by atoms with van der Waals surface area (Å²) in [5.41, 5.74) is 4.75. The van der Waals surface area contributed by atoms with E-state index >= 15 is 0 Å². The zero-order chi connectivity index (χ0) is 18.8. The molecule has 0 unspecified atom stereocenters. The molecule has 2 aliphatic heterocycles. The van der Waals surface area contributed by atoms with Gasteiger partial charge in [-0.1, -0.05) is 6.92 Å². The monoisotopic (exact) mass is 364 g/mol. The van der Waals surface area contributed by atoms with Crippen LogP contribution in [0.25, 0.3) is 22.3 Å². The Kier molecular flexibility index (Phi) is 3.44. The third-order valence-electron chi connectivity index (χ3n) is 5.62. The van der Waals surface area contributed by atoms with E-state index < -0.39 is 5.79 Å². The summed E-state index contributed by atoms with van der Waals surface area (Å²) < 4.78 is 13.6. The van der Waals surface area contributed by atoms with E-state index in [1.165, 1.54) is 0 Å². The zero-order valence-electron chi connectivity index (χ0n) is 15.3. The van der Waals surface area contributed by atoms with Crippen molar-refractivity contribution in [1.29, 1.82) is 0 Å². The first-order chi connectivity index (χ1) is 13.0. The molecule has 2 aliphatic rings. The van der Waals surface area contributed by atoms with E-state index in [1.54, 1.807) is 22.8 Å². The first-order valence-electron chi connectivity index (χ1n) is 9.18. The van der Waals surface area contributed by atoms with Gasteiger partial charge in [0, 0.05) is 28.5 Å². The third-order valence-corrected chi connectivity index (χ3v) is 5.62. The molecule has 3 aromatic rings. The maximum absolute atomic E-state index is 13.1. The standard InChI is InChI=1S/C21H20N2O4/c1-3-21(26-6-7-27-21)16-10-18-19-14(11-23(18)20(25)12(16)2)8-13-9-15(24)4-5-17(13)22-19/h4-5,8-10,24H,3,6-7,11H2,1-2H3. The van der Waals surface area contributed by atoms with Crippen LogP contribution in [0.5, 0.6) is 5.75 Å². The van der Waals surface area contributed by atoms with E-state index in [0.717, 1.165) is 33.4 Å². The highest BCUT2D eigenvalue weighted by Gasteiger charge is 2.40. The van der Waals surface area contributed by atoms with E-state index in [0.29, 0.717) is 31.7 Å². The molecule has 0 spiro atoms. The lowest BCUT2D eigenvalue weighted by atomic mass is 9.97. The first kappa shape index (κ1) is 16.5. The van der Waals surface area contributed by atoms with Crippen LogP contribution in [0.3, 0.4) is 0 Å². The van der Waals surface area contributed by atoms with Gasteiger partial charge >= 0.3 is 0 Å². The number of nitrogens with zero attached hydrogens (tertiary/aromatic N) is 2. The third kappa shape index (κ3) is 2.27. The molecule has 1 fully saturated rings. The van der Waals surface area contributed by atoms with Crippen LogP contribution in [0.1, 0.15) is 30.0 Å². The average molecular weight is 364 g/mol. The van der Waals surface area contributed by atoms with E-state index in [4.69, 9.17) is 14.5 Å². The van der Waals surface area contributed by atoms with E-state index in [1.807, 2.05) is 26.0 Å². The van der Waals surface area contributed by atoms with Crippen LogP contribution in [0.2, 0.25) is 0 Å². The Labute approximate surface area is 156 Å². The summed E-state index contributed by atoms with van der Waals surface area (Å²) >= 11 is 0. The number of aromatic hydroxyl groups is 1. The van der Waals surface area contributed by atoms with E-state index in [2.05, 4.69) is 0 Å². The zero-order valence-corrected chi connectivity index (χ0v) is 15.3. The van der Waals surface area contributed by atoms with Gasteiger partial charge in [-0.15, -0.1) is 0 Å². The topological polar surface area (TPSA) is 73.6 Å². The summed E-state index contributed by atoms with van der Waals surface area (Å²) in [6.07, 6.45) is 0.633. The molecule has 0 atom stereocenters. The Morgan fingerprint density at radius 2 is 2.00 bits per heavy atom. The summed E-state index contributed by atoms with van der Waals surface area (Å²) in [5.74, 6) is -0.653. The number of phenolic OH excluding ortho intramolecular Hbond substituents is 1. The second kappa shape index (κ2) is 5.65. The van der Waals surface area contributed by atoms with Crippen LogP contribution in [0.15, 0.2) is 35.1 Å². The van der Waals surface area contributed by atoms with Crippen molar-refractivity contribution in [3.8, 4) is 17.1 Å². The second-order valence-electron chi connectivity index (χ2n) is 7.14. The Morgan fingerprint density at radius 3 is 2.74 bits per heavy atom. The van der Waals surface area contributed by atoms with Crippen molar-refractivity contribution in [2.24, 2.45) is 0 Å². The minimum atomic E-state index is -0.857. The fourth-order valence-electron chi connectivity index (χ4n) is 4.22. The lowest BCUT2D eigenvalue weighted by Gasteiger charge is -2.28. The quantitative estimate of drug-likeness (QED) is 0.592. The van der Waals surface area contributed by atoms with Crippen LogP contribution < -0.4 is 5.56 Å². The maximum atomic E-state index is 13.1. The summed E-state index contributed by atoms with van der Waals surface area (Å²) in [4.78, 5) is 17.9. The van der Waals surface area contributed by atoms with Crippen molar-refractivity contribution < 1.29 is 14.6 Å². The van der Waals surface area contributed by atoms with Gasteiger partial charge < -0.3 is 19.1 Å². The lowest BCUT2D eigenvalue weighted by molar-refractivity contribution is -0.168. The van der Waals surface area contributed by atoms with Crippen LogP contribution in [0.4, 0.5) is 0 Å². The van der Waals surface area contributed by atoms with Gasteiger partial charge in [-0.05, 0) is 37.3 Å². The molecule has 0 radical (unpaired) electrons. The molecule has 0 bridgehead atoms. The van der Waals surface area contributed by atoms with Gasteiger partial charge in [0.2, 0.25) is 0 Å². The Morgan fingerprint density at radius 1 is 1.22 bits per heavy atom. The van der Waals surface area contributed by atoms with E-state index in [-0.39, 0.29) is 11.3 Å². The molecule has 1 N–H and O–H groups in total. The number of aromatic nitrogens is 2. The lowest BCUT2D eigenvalue weighted by Crippen LogP contribution is -2.32. The molecule has 0 saturated carbocycles. The van der Waals surface area contributed by atoms with Gasteiger partial charge in [0.1, 0.15) is 5.75 Å². The first-order valence-corrected chi connectivity index (χ1v) is 9.18. The van der Waals surface area contributed by atoms with Gasteiger partial charge in [-0.25, -0.2) is 4.98 Å². The van der Waals surface area contributed by atoms with Crippen LogP contribution in [-0.2, 0) is 21.8 Å². The molecule has 1 aromatic carbocycles. The van der Waals surface area contributed by atoms with Crippen LogP contribution in [0, 0.1) is 6.92 Å². The fourth-order valence-corrected chi connectivity index (χ4v) is 4.22. The number of fused-ring (bicyclic) bond motifs is 4. The Bertz CT molecular complexity index is 1140. The molecular weight excluding hydrogens is 344 g/mol. The molecule has 1 saturated heterocycles. The highest BCUT2D eigenvalue weighted by molar-refractivity contribution is 5.85. The number of hydrogen-bond acceptors (Lipinski definition) is 5. The average Bonchev–Trinajstić information content (AvgIpc) is 3.28.